The molecule has 224 valence electrons. The number of ether oxygens (including phenoxy) is 6. The lowest BCUT2D eigenvalue weighted by atomic mass is 9.88. The molecule has 6 atom stereocenters. The van der Waals surface area contributed by atoms with Gasteiger partial charge in [-0.3, -0.25) is 19.2 Å². The predicted molar refractivity (Wildman–Crippen MR) is 139 cm³/mol. The molecule has 1 fully saturated rings. The van der Waals surface area contributed by atoms with Crippen LogP contribution in [-0.2, 0) is 56.8 Å². The molecule has 0 aromatic carbocycles. The highest BCUT2D eigenvalue weighted by Gasteiger charge is 2.59. The van der Waals surface area contributed by atoms with Crippen molar-refractivity contribution in [3.63, 3.8) is 0 Å². The van der Waals surface area contributed by atoms with Crippen LogP contribution in [0, 0.1) is 0 Å². The van der Waals surface area contributed by atoms with Crippen molar-refractivity contribution in [1.82, 2.24) is 5.32 Å². The molecule has 0 saturated carbocycles. The second-order valence-corrected chi connectivity index (χ2v) is 15.7. The van der Waals surface area contributed by atoms with E-state index in [2.05, 4.69) is 5.32 Å². The summed E-state index contributed by atoms with van der Waals surface area (Å²) in [6, 6.07) is -1.02. The Bertz CT molecular complexity index is 917. The molecule has 0 radical (unpaired) electrons. The zero-order valence-corrected chi connectivity index (χ0v) is 25.7. The summed E-state index contributed by atoms with van der Waals surface area (Å²) in [4.78, 5) is 61.3. The summed E-state index contributed by atoms with van der Waals surface area (Å²) in [6.45, 7) is 14.2. The number of carbonyl (C=O) groups excluding carboxylic acids is 5. The Morgan fingerprint density at radius 2 is 1.54 bits per heavy atom. The number of amides is 1. The molecule has 1 aliphatic rings. The van der Waals surface area contributed by atoms with Crippen molar-refractivity contribution in [2.24, 2.45) is 0 Å². The van der Waals surface area contributed by atoms with Gasteiger partial charge in [0.05, 0.1) is 19.3 Å². The summed E-state index contributed by atoms with van der Waals surface area (Å²) in [5, 5.41) is 2.52. The number of esters is 4. The van der Waals surface area contributed by atoms with Gasteiger partial charge in [0.1, 0.15) is 12.7 Å². The number of hydrogen-bond acceptors (Lipinski definition) is 12. The van der Waals surface area contributed by atoms with Crippen LogP contribution in [0.3, 0.4) is 0 Å². The number of methoxy groups -OCH3 is 2. The van der Waals surface area contributed by atoms with E-state index in [0.717, 1.165) is 27.9 Å². The zero-order valence-electron chi connectivity index (χ0n) is 24.7. The third-order valence-corrected chi connectivity index (χ3v) is 11.3. The maximum Gasteiger partial charge on any atom is 0.366 e. The molecule has 1 heterocycles. The average molecular weight is 578 g/mol. The van der Waals surface area contributed by atoms with E-state index in [1.54, 1.807) is 0 Å². The molecule has 0 spiro atoms. The van der Waals surface area contributed by atoms with E-state index in [1.165, 1.54) is 14.0 Å². The van der Waals surface area contributed by atoms with Gasteiger partial charge in [0.2, 0.25) is 5.91 Å². The first-order valence-corrected chi connectivity index (χ1v) is 15.4. The van der Waals surface area contributed by atoms with E-state index in [0.29, 0.717) is 0 Å². The van der Waals surface area contributed by atoms with Crippen molar-refractivity contribution in [3.8, 4) is 0 Å². The molecule has 0 aliphatic carbocycles. The van der Waals surface area contributed by atoms with Gasteiger partial charge in [-0.15, -0.1) is 0 Å². The number of nitrogens with one attached hydrogen (secondary N) is 1. The first-order valence-electron chi connectivity index (χ1n) is 12.5. The normalized spacial score (nSPS) is 25.1. The Labute approximate surface area is 230 Å². The minimum Gasteiger partial charge on any atom is -0.465 e. The number of hydrogen-bond donors (Lipinski definition) is 1. The SMILES string of the molecule is COC(=O)[C@]1(OC)C[C@H](O[Si](C)(C)C(C)(C)C)[C@@H](NC(C)=O)[C@H]([C@H](OC(C)=O)[C@@H](COC(C)=O)OC(C)=O)O1. The minimum atomic E-state index is -2.56. The van der Waals surface area contributed by atoms with Gasteiger partial charge in [-0.2, -0.15) is 0 Å². The summed E-state index contributed by atoms with van der Waals surface area (Å²) in [5.41, 5.74) is 0. The van der Waals surface area contributed by atoms with Gasteiger partial charge in [0, 0.05) is 41.2 Å². The van der Waals surface area contributed by atoms with Crippen molar-refractivity contribution in [1.29, 1.82) is 0 Å². The quantitative estimate of drug-likeness (QED) is 0.215. The molecular weight excluding hydrogens is 534 g/mol. The summed E-state index contributed by atoms with van der Waals surface area (Å²) in [6.07, 6.45) is -5.33. The largest absolute Gasteiger partial charge is 0.465 e. The van der Waals surface area contributed by atoms with E-state index in [4.69, 9.17) is 32.8 Å². The maximum atomic E-state index is 13.0. The van der Waals surface area contributed by atoms with Crippen molar-refractivity contribution in [2.75, 3.05) is 20.8 Å². The Balaban J connectivity index is 3.86. The topological polar surface area (TPSA) is 162 Å². The van der Waals surface area contributed by atoms with Gasteiger partial charge in [0.15, 0.2) is 20.5 Å². The lowest BCUT2D eigenvalue weighted by Gasteiger charge is -2.51. The molecule has 0 aromatic rings. The average Bonchev–Trinajstić information content (AvgIpc) is 2.79. The van der Waals surface area contributed by atoms with Gasteiger partial charge in [0.25, 0.3) is 5.79 Å². The summed E-state index contributed by atoms with van der Waals surface area (Å²) >= 11 is 0. The zero-order chi connectivity index (χ0) is 30.3. The van der Waals surface area contributed by atoms with Crippen LogP contribution in [0.2, 0.25) is 18.1 Å². The van der Waals surface area contributed by atoms with Gasteiger partial charge in [-0.1, -0.05) is 20.8 Å². The lowest BCUT2D eigenvalue weighted by molar-refractivity contribution is -0.305. The molecule has 1 rings (SSSR count). The smallest absolute Gasteiger partial charge is 0.366 e. The van der Waals surface area contributed by atoms with Crippen molar-refractivity contribution in [2.45, 2.75) is 109 Å². The van der Waals surface area contributed by atoms with Gasteiger partial charge in [-0.05, 0) is 18.1 Å². The molecule has 0 bridgehead atoms. The van der Waals surface area contributed by atoms with Crippen LogP contribution in [0.15, 0.2) is 0 Å². The Hall–Kier alpha value is -2.55. The third kappa shape index (κ3) is 9.26. The predicted octanol–water partition coefficient (Wildman–Crippen LogP) is 1.61. The second kappa shape index (κ2) is 13.7. The first-order chi connectivity index (χ1) is 17.8. The van der Waals surface area contributed by atoms with Crippen molar-refractivity contribution < 1.29 is 56.8 Å². The molecule has 1 amide bonds. The van der Waals surface area contributed by atoms with Crippen molar-refractivity contribution in [3.05, 3.63) is 0 Å². The molecule has 14 heteroatoms. The first kappa shape index (κ1) is 34.5. The highest BCUT2D eigenvalue weighted by atomic mass is 28.4. The fourth-order valence-corrected chi connectivity index (χ4v) is 5.29. The van der Waals surface area contributed by atoms with Crippen LogP contribution < -0.4 is 5.32 Å². The fraction of sp³-hybridized carbons (Fsp3) is 0.800. The number of rotatable bonds is 11. The van der Waals surface area contributed by atoms with E-state index < -0.39 is 81.0 Å². The van der Waals surface area contributed by atoms with E-state index in [9.17, 15) is 24.0 Å². The van der Waals surface area contributed by atoms with Crippen LogP contribution in [0.25, 0.3) is 0 Å². The molecule has 1 aliphatic heterocycles. The summed E-state index contributed by atoms with van der Waals surface area (Å²) < 4.78 is 39.4. The van der Waals surface area contributed by atoms with Gasteiger partial charge < -0.3 is 38.2 Å². The fourth-order valence-electron chi connectivity index (χ4n) is 3.95. The highest BCUT2D eigenvalue weighted by Crippen LogP contribution is 2.42. The highest BCUT2D eigenvalue weighted by molar-refractivity contribution is 6.74. The minimum absolute atomic E-state index is 0.181. The molecule has 1 N–H and O–H groups in total. The maximum absolute atomic E-state index is 13.0. The lowest BCUT2D eigenvalue weighted by Crippen LogP contribution is -2.70. The summed E-state index contributed by atoms with van der Waals surface area (Å²) in [5.74, 6) is -5.65. The van der Waals surface area contributed by atoms with E-state index in [-0.39, 0.29) is 11.5 Å². The molecular formula is C25H43NO12Si. The molecule has 39 heavy (non-hydrogen) atoms. The van der Waals surface area contributed by atoms with Crippen LogP contribution >= 0.6 is 0 Å². The molecule has 0 unspecified atom stereocenters. The molecule has 13 nitrogen and oxygen atoms in total. The van der Waals surface area contributed by atoms with Gasteiger partial charge >= 0.3 is 23.9 Å². The molecule has 0 aromatic heterocycles. The van der Waals surface area contributed by atoms with E-state index in [1.807, 2.05) is 33.9 Å². The Morgan fingerprint density at radius 1 is 0.974 bits per heavy atom. The number of carbonyl (C=O) groups is 5. The monoisotopic (exact) mass is 577 g/mol. The Kier molecular flexibility index (Phi) is 12.1. The molecule has 1 saturated heterocycles. The second-order valence-electron chi connectivity index (χ2n) is 10.9. The van der Waals surface area contributed by atoms with Crippen LogP contribution in [-0.4, -0.2) is 95.2 Å². The Morgan fingerprint density at radius 3 is 1.95 bits per heavy atom. The van der Waals surface area contributed by atoms with Crippen LogP contribution in [0.1, 0.15) is 54.9 Å². The van der Waals surface area contributed by atoms with Crippen LogP contribution in [0.5, 0.6) is 0 Å². The van der Waals surface area contributed by atoms with E-state index >= 15 is 0 Å². The summed E-state index contributed by atoms with van der Waals surface area (Å²) in [7, 11) is -0.177. The standard InChI is InChI=1S/C25H43NO12Si/c1-14(27)26-20-18(38-39(10,11)24(5,6)7)12-25(33-9,23(31)32-8)37-22(20)21(36-17(4)30)19(35-16(3)29)13-34-15(2)28/h18-22H,12-13H2,1-11H3,(H,26,27)/t18-,19+,20+,21+,22+,25-/m0/s1. The van der Waals surface area contributed by atoms with Crippen LogP contribution in [0.4, 0.5) is 0 Å². The van der Waals surface area contributed by atoms with Gasteiger partial charge in [-0.25, -0.2) is 4.79 Å². The third-order valence-electron chi connectivity index (χ3n) is 6.76. The van der Waals surface area contributed by atoms with Crippen molar-refractivity contribution >= 4 is 38.1 Å².